The van der Waals surface area contributed by atoms with Crippen LogP contribution in [0.25, 0.3) is 10.4 Å². The van der Waals surface area contributed by atoms with Crippen LogP contribution >= 0.6 is 22.6 Å². The van der Waals surface area contributed by atoms with E-state index < -0.39 is 0 Å². The Morgan fingerprint density at radius 2 is 2.11 bits per heavy atom. The number of rotatable bonds is 2. The van der Waals surface area contributed by atoms with Gasteiger partial charge in [0.05, 0.1) is 9.46 Å². The molecule has 4 heteroatoms. The lowest BCUT2D eigenvalue weighted by molar-refractivity contribution is 0.368. The highest BCUT2D eigenvalue weighted by atomic mass is 127. The molecule has 2 unspecified atom stereocenters. The van der Waals surface area contributed by atoms with Crippen molar-refractivity contribution in [2.75, 3.05) is 0 Å². The van der Waals surface area contributed by atoms with Crippen molar-refractivity contribution in [2.45, 2.75) is 49.0 Å². The summed E-state index contributed by atoms with van der Waals surface area (Å²) >= 11 is 2.50. The Hall–Kier alpha value is -0.740. The van der Waals surface area contributed by atoms with Gasteiger partial charge in [-0.2, -0.15) is 0 Å². The van der Waals surface area contributed by atoms with E-state index >= 15 is 0 Å². The minimum atomic E-state index is -0.0271. The normalized spacial score (nSPS) is 27.6. The van der Waals surface area contributed by atoms with Crippen LogP contribution in [-0.2, 0) is 3.42 Å². The standard InChI is InChI=1S/C14H18IN3/c1-10-6-7-12(9-11(10)2)14(15)8-4-3-5-13(14)17-18-16/h6-7,9,13H,3-5,8H2,1-2H3. The van der Waals surface area contributed by atoms with Crippen LogP contribution in [0.4, 0.5) is 0 Å². The van der Waals surface area contributed by atoms with Gasteiger partial charge < -0.3 is 0 Å². The van der Waals surface area contributed by atoms with E-state index in [1.807, 2.05) is 0 Å². The Morgan fingerprint density at radius 3 is 2.78 bits per heavy atom. The number of hydrogen-bond acceptors (Lipinski definition) is 1. The van der Waals surface area contributed by atoms with E-state index in [0.29, 0.717) is 0 Å². The van der Waals surface area contributed by atoms with Crippen LogP contribution in [0.2, 0.25) is 0 Å². The van der Waals surface area contributed by atoms with Gasteiger partial charge >= 0.3 is 0 Å². The second-order valence-electron chi connectivity index (χ2n) is 5.13. The minimum absolute atomic E-state index is 0.0271. The summed E-state index contributed by atoms with van der Waals surface area (Å²) in [6, 6.07) is 6.71. The quantitative estimate of drug-likeness (QED) is 0.231. The summed E-state index contributed by atoms with van der Waals surface area (Å²) in [6.07, 6.45) is 4.48. The molecule has 0 amide bonds. The zero-order chi connectivity index (χ0) is 13.2. The molecule has 3 nitrogen and oxygen atoms in total. The molecule has 1 saturated carbocycles. The fraction of sp³-hybridized carbons (Fsp3) is 0.571. The van der Waals surface area contributed by atoms with E-state index in [2.05, 4.69) is 64.7 Å². The van der Waals surface area contributed by atoms with Gasteiger partial charge in [0.15, 0.2) is 0 Å². The van der Waals surface area contributed by atoms with Crippen LogP contribution in [0, 0.1) is 13.8 Å². The molecule has 0 saturated heterocycles. The van der Waals surface area contributed by atoms with Crippen molar-refractivity contribution < 1.29 is 0 Å². The van der Waals surface area contributed by atoms with Gasteiger partial charge in [-0.15, -0.1) is 0 Å². The number of nitrogens with zero attached hydrogens (tertiary/aromatic N) is 3. The summed E-state index contributed by atoms with van der Waals surface area (Å²) in [5, 5.41) is 4.04. The summed E-state index contributed by atoms with van der Waals surface area (Å²) in [5.41, 5.74) is 12.7. The number of azide groups is 1. The number of alkyl halides is 1. The van der Waals surface area contributed by atoms with Gasteiger partial charge in [-0.3, -0.25) is 0 Å². The third-order valence-corrected chi connectivity index (χ3v) is 5.86. The molecule has 0 spiro atoms. The van der Waals surface area contributed by atoms with Crippen molar-refractivity contribution in [3.05, 3.63) is 45.3 Å². The number of halogens is 1. The SMILES string of the molecule is Cc1ccc(C2(I)CCCCC2N=[N+]=[N-])cc1C. The lowest BCUT2D eigenvalue weighted by atomic mass is 9.79. The molecule has 0 aliphatic heterocycles. The van der Waals surface area contributed by atoms with Gasteiger partial charge in [0.25, 0.3) is 0 Å². The molecule has 18 heavy (non-hydrogen) atoms. The highest BCUT2D eigenvalue weighted by Gasteiger charge is 2.39. The molecule has 2 atom stereocenters. The van der Waals surface area contributed by atoms with Crippen molar-refractivity contribution in [1.29, 1.82) is 0 Å². The van der Waals surface area contributed by atoms with Crippen molar-refractivity contribution in [2.24, 2.45) is 5.11 Å². The van der Waals surface area contributed by atoms with Crippen LogP contribution in [0.1, 0.15) is 42.4 Å². The van der Waals surface area contributed by atoms with E-state index in [0.717, 1.165) is 12.8 Å². The zero-order valence-corrected chi connectivity index (χ0v) is 13.0. The summed E-state index contributed by atoms with van der Waals surface area (Å²) in [5.74, 6) is 0. The molecule has 1 aromatic rings. The molecular formula is C14H18IN3. The lowest BCUT2D eigenvalue weighted by Gasteiger charge is -2.38. The smallest absolute Gasteiger partial charge is 0.0560 e. The van der Waals surface area contributed by atoms with Crippen molar-refractivity contribution in [3.8, 4) is 0 Å². The van der Waals surface area contributed by atoms with Gasteiger partial charge in [-0.25, -0.2) is 0 Å². The maximum atomic E-state index is 8.75. The minimum Gasteiger partial charge on any atom is -0.0889 e. The van der Waals surface area contributed by atoms with Gasteiger partial charge in [-0.1, -0.05) is 58.7 Å². The maximum absolute atomic E-state index is 8.75. The van der Waals surface area contributed by atoms with Gasteiger partial charge in [0.1, 0.15) is 0 Å². The first-order chi connectivity index (χ1) is 8.58. The average Bonchev–Trinajstić information content (AvgIpc) is 2.36. The molecule has 1 aliphatic rings. The molecule has 2 rings (SSSR count). The Bertz CT molecular complexity index is 494. The van der Waals surface area contributed by atoms with E-state index in [-0.39, 0.29) is 9.46 Å². The third kappa shape index (κ3) is 2.50. The lowest BCUT2D eigenvalue weighted by Crippen LogP contribution is -2.35. The topological polar surface area (TPSA) is 48.8 Å². The highest BCUT2D eigenvalue weighted by Crippen LogP contribution is 2.47. The highest BCUT2D eigenvalue weighted by molar-refractivity contribution is 14.1. The van der Waals surface area contributed by atoms with Crippen LogP contribution in [0.15, 0.2) is 23.3 Å². The number of aryl methyl sites for hydroxylation is 2. The molecule has 96 valence electrons. The first-order valence-corrected chi connectivity index (χ1v) is 7.46. The number of hydrogen-bond donors (Lipinski definition) is 0. The summed E-state index contributed by atoms with van der Waals surface area (Å²) in [6.45, 7) is 4.27. The molecular weight excluding hydrogens is 337 g/mol. The van der Waals surface area contributed by atoms with Crippen molar-refractivity contribution >= 4 is 22.6 Å². The molecule has 1 aromatic carbocycles. The largest absolute Gasteiger partial charge is 0.0889 e. The van der Waals surface area contributed by atoms with Gasteiger partial charge in [0.2, 0.25) is 0 Å². The monoisotopic (exact) mass is 355 g/mol. The predicted molar refractivity (Wildman–Crippen MR) is 83.0 cm³/mol. The summed E-state index contributed by atoms with van der Waals surface area (Å²) in [7, 11) is 0. The second-order valence-corrected chi connectivity index (χ2v) is 7.05. The Morgan fingerprint density at radius 1 is 1.33 bits per heavy atom. The Labute approximate surface area is 122 Å². The first-order valence-electron chi connectivity index (χ1n) is 6.39. The molecule has 1 aliphatic carbocycles. The molecule has 0 bridgehead atoms. The van der Waals surface area contributed by atoms with E-state index in [1.165, 1.54) is 29.5 Å². The average molecular weight is 355 g/mol. The summed E-state index contributed by atoms with van der Waals surface area (Å²) in [4.78, 5) is 3.04. The summed E-state index contributed by atoms with van der Waals surface area (Å²) < 4.78 is -0.0271. The predicted octanol–water partition coefficient (Wildman–Crippen LogP) is 5.19. The van der Waals surface area contributed by atoms with E-state index in [1.54, 1.807) is 0 Å². The van der Waals surface area contributed by atoms with Crippen molar-refractivity contribution in [1.82, 2.24) is 0 Å². The van der Waals surface area contributed by atoms with E-state index in [9.17, 15) is 0 Å². The number of benzene rings is 1. The molecule has 1 fully saturated rings. The second kappa shape index (κ2) is 5.49. The van der Waals surface area contributed by atoms with Crippen LogP contribution < -0.4 is 0 Å². The van der Waals surface area contributed by atoms with Crippen molar-refractivity contribution in [3.63, 3.8) is 0 Å². The molecule has 0 radical (unpaired) electrons. The van der Waals surface area contributed by atoms with Crippen LogP contribution in [0.3, 0.4) is 0 Å². The maximum Gasteiger partial charge on any atom is 0.0560 e. The molecule has 0 N–H and O–H groups in total. The van der Waals surface area contributed by atoms with Crippen LogP contribution in [-0.4, -0.2) is 6.04 Å². The van der Waals surface area contributed by atoms with Gasteiger partial charge in [0, 0.05) is 4.91 Å². The van der Waals surface area contributed by atoms with Crippen LogP contribution in [0.5, 0.6) is 0 Å². The Kier molecular flexibility index (Phi) is 4.17. The molecule has 0 heterocycles. The fourth-order valence-corrected chi connectivity index (χ4v) is 3.82. The van der Waals surface area contributed by atoms with Gasteiger partial charge in [-0.05, 0) is 48.9 Å². The Balaban J connectivity index is 2.43. The zero-order valence-electron chi connectivity index (χ0n) is 10.9. The first kappa shape index (κ1) is 13.7. The third-order valence-electron chi connectivity index (χ3n) is 3.97. The van der Waals surface area contributed by atoms with E-state index in [4.69, 9.17) is 5.53 Å². The molecule has 0 aromatic heterocycles. The fourth-order valence-electron chi connectivity index (χ4n) is 2.66.